The van der Waals surface area contributed by atoms with Crippen LogP contribution in [0.5, 0.6) is 5.75 Å². The molecule has 1 N–H and O–H groups in total. The molecule has 1 atom stereocenters. The highest BCUT2D eigenvalue weighted by molar-refractivity contribution is 6.32. The van der Waals surface area contributed by atoms with E-state index in [0.717, 1.165) is 50.8 Å². The standard InChI is InChI=1S/C23H28ClN3O4/c1-30-20-10-9-17(12-18(20)24)25-22(28)21-13-19(26-31-21)16-8-5-11-27(14-16)23(29)15-6-3-2-4-7-15/h9-10,12-13,15-16H,2-8,11,14H2,1H3,(H,25,28)/t16-/m1/s1. The molecule has 1 aromatic heterocycles. The van der Waals surface area contributed by atoms with Crippen LogP contribution in [-0.4, -0.2) is 42.1 Å². The van der Waals surface area contributed by atoms with Crippen LogP contribution in [0.4, 0.5) is 5.69 Å². The lowest BCUT2D eigenvalue weighted by Gasteiger charge is -2.35. The summed E-state index contributed by atoms with van der Waals surface area (Å²) in [5, 5.41) is 7.30. The van der Waals surface area contributed by atoms with Crippen molar-refractivity contribution in [3.63, 3.8) is 0 Å². The molecule has 8 heteroatoms. The van der Waals surface area contributed by atoms with Crippen LogP contribution in [-0.2, 0) is 4.79 Å². The number of aromatic nitrogens is 1. The number of carbonyl (C=O) groups excluding carboxylic acids is 2. The van der Waals surface area contributed by atoms with E-state index in [1.165, 1.54) is 13.5 Å². The number of methoxy groups -OCH3 is 1. The predicted octanol–water partition coefficient (Wildman–Crippen LogP) is 4.88. The fraction of sp³-hybridized carbons (Fsp3) is 0.522. The molecule has 2 aromatic rings. The highest BCUT2D eigenvalue weighted by Gasteiger charge is 2.31. The Labute approximate surface area is 187 Å². The van der Waals surface area contributed by atoms with E-state index in [0.29, 0.717) is 23.0 Å². The second-order valence-corrected chi connectivity index (χ2v) is 8.79. The molecule has 1 saturated carbocycles. The van der Waals surface area contributed by atoms with Gasteiger partial charge in [0.1, 0.15) is 5.75 Å². The van der Waals surface area contributed by atoms with Crippen LogP contribution < -0.4 is 10.1 Å². The third-order valence-corrected chi connectivity index (χ3v) is 6.56. The fourth-order valence-electron chi connectivity index (χ4n) is 4.55. The Morgan fingerprint density at radius 3 is 2.71 bits per heavy atom. The average Bonchev–Trinajstić information content (AvgIpc) is 3.30. The number of hydrogen-bond donors (Lipinski definition) is 1. The van der Waals surface area contributed by atoms with Gasteiger partial charge in [0, 0.05) is 36.7 Å². The van der Waals surface area contributed by atoms with Crippen LogP contribution in [0.15, 0.2) is 28.8 Å². The molecule has 1 saturated heterocycles. The van der Waals surface area contributed by atoms with Crippen molar-refractivity contribution >= 4 is 29.1 Å². The zero-order chi connectivity index (χ0) is 21.8. The van der Waals surface area contributed by atoms with Gasteiger partial charge in [-0.25, -0.2) is 0 Å². The van der Waals surface area contributed by atoms with Gasteiger partial charge in [0.25, 0.3) is 5.91 Å². The van der Waals surface area contributed by atoms with Gasteiger partial charge in [0.2, 0.25) is 11.7 Å². The number of carbonyl (C=O) groups is 2. The molecule has 4 rings (SSSR count). The third-order valence-electron chi connectivity index (χ3n) is 6.27. The number of ether oxygens (including phenoxy) is 1. The maximum atomic E-state index is 12.9. The number of anilines is 1. The molecule has 0 radical (unpaired) electrons. The minimum absolute atomic E-state index is 0.0852. The third kappa shape index (κ3) is 5.03. The molecule has 0 bridgehead atoms. The van der Waals surface area contributed by atoms with Gasteiger partial charge in [0.15, 0.2) is 0 Å². The van der Waals surface area contributed by atoms with Gasteiger partial charge < -0.3 is 19.5 Å². The zero-order valence-electron chi connectivity index (χ0n) is 17.7. The minimum Gasteiger partial charge on any atom is -0.495 e. The summed E-state index contributed by atoms with van der Waals surface area (Å²) in [4.78, 5) is 27.5. The van der Waals surface area contributed by atoms with E-state index in [9.17, 15) is 9.59 Å². The molecule has 31 heavy (non-hydrogen) atoms. The van der Waals surface area contributed by atoms with Crippen molar-refractivity contribution in [1.29, 1.82) is 0 Å². The molecule has 1 aromatic carbocycles. The van der Waals surface area contributed by atoms with E-state index in [-0.39, 0.29) is 23.5 Å². The highest BCUT2D eigenvalue weighted by Crippen LogP contribution is 2.31. The Bertz CT molecular complexity index is 939. The zero-order valence-corrected chi connectivity index (χ0v) is 18.5. The van der Waals surface area contributed by atoms with E-state index in [4.69, 9.17) is 20.9 Å². The Morgan fingerprint density at radius 1 is 1.16 bits per heavy atom. The Balaban J connectivity index is 1.38. The summed E-state index contributed by atoms with van der Waals surface area (Å²) in [5.74, 6) is 0.807. The first-order valence-corrected chi connectivity index (χ1v) is 11.3. The number of halogens is 1. The summed E-state index contributed by atoms with van der Waals surface area (Å²) in [5.41, 5.74) is 1.26. The lowest BCUT2D eigenvalue weighted by Crippen LogP contribution is -2.42. The molecule has 1 aliphatic heterocycles. The maximum absolute atomic E-state index is 12.9. The van der Waals surface area contributed by atoms with Crippen molar-refractivity contribution in [3.05, 3.63) is 40.7 Å². The van der Waals surface area contributed by atoms with Crippen LogP contribution in [0.1, 0.15) is 67.1 Å². The molecule has 0 spiro atoms. The van der Waals surface area contributed by atoms with Crippen molar-refractivity contribution in [2.75, 3.05) is 25.5 Å². The molecular weight excluding hydrogens is 418 g/mol. The van der Waals surface area contributed by atoms with E-state index in [2.05, 4.69) is 10.5 Å². The van der Waals surface area contributed by atoms with E-state index in [1.54, 1.807) is 24.3 Å². The van der Waals surface area contributed by atoms with Crippen LogP contribution >= 0.6 is 11.6 Å². The molecule has 7 nitrogen and oxygen atoms in total. The molecule has 166 valence electrons. The van der Waals surface area contributed by atoms with Crippen molar-refractivity contribution < 1.29 is 18.8 Å². The Hall–Kier alpha value is -2.54. The largest absolute Gasteiger partial charge is 0.495 e. The van der Waals surface area contributed by atoms with Crippen LogP contribution in [0.3, 0.4) is 0 Å². The van der Waals surface area contributed by atoms with Crippen molar-refractivity contribution in [2.45, 2.75) is 50.9 Å². The Morgan fingerprint density at radius 2 is 1.97 bits per heavy atom. The highest BCUT2D eigenvalue weighted by atomic mass is 35.5. The van der Waals surface area contributed by atoms with Crippen LogP contribution in [0.2, 0.25) is 5.02 Å². The molecule has 2 aliphatic rings. The quantitative estimate of drug-likeness (QED) is 0.709. The summed E-state index contributed by atoms with van der Waals surface area (Å²) >= 11 is 6.12. The van der Waals surface area contributed by atoms with Gasteiger partial charge in [-0.3, -0.25) is 9.59 Å². The normalized spacial score (nSPS) is 19.8. The van der Waals surface area contributed by atoms with Crippen molar-refractivity contribution in [2.24, 2.45) is 5.92 Å². The summed E-state index contributed by atoms with van der Waals surface area (Å²) in [7, 11) is 1.53. The number of benzene rings is 1. The van der Waals surface area contributed by atoms with Crippen molar-refractivity contribution in [3.8, 4) is 5.75 Å². The average molecular weight is 446 g/mol. The minimum atomic E-state index is -0.397. The van der Waals surface area contributed by atoms with Gasteiger partial charge in [-0.1, -0.05) is 36.0 Å². The second kappa shape index (κ2) is 9.73. The smallest absolute Gasteiger partial charge is 0.294 e. The van der Waals surface area contributed by atoms with Crippen LogP contribution in [0, 0.1) is 5.92 Å². The van der Waals surface area contributed by atoms with Gasteiger partial charge in [-0.15, -0.1) is 0 Å². The first-order valence-electron chi connectivity index (χ1n) is 11.0. The van der Waals surface area contributed by atoms with E-state index in [1.807, 2.05) is 4.90 Å². The maximum Gasteiger partial charge on any atom is 0.294 e. The summed E-state index contributed by atoms with van der Waals surface area (Å²) in [6.07, 6.45) is 7.40. The monoisotopic (exact) mass is 445 g/mol. The predicted molar refractivity (Wildman–Crippen MR) is 118 cm³/mol. The number of hydrogen-bond acceptors (Lipinski definition) is 5. The van der Waals surface area contributed by atoms with Crippen molar-refractivity contribution in [1.82, 2.24) is 10.1 Å². The van der Waals surface area contributed by atoms with E-state index >= 15 is 0 Å². The first-order chi connectivity index (χ1) is 15.0. The topological polar surface area (TPSA) is 84.7 Å². The number of rotatable bonds is 5. The van der Waals surface area contributed by atoms with E-state index < -0.39 is 5.91 Å². The lowest BCUT2D eigenvalue weighted by atomic mass is 9.87. The Kier molecular flexibility index (Phi) is 6.80. The SMILES string of the molecule is COc1ccc(NC(=O)c2cc([C@@H]3CCCN(C(=O)C4CCCCC4)C3)no2)cc1Cl. The molecular formula is C23H28ClN3O4. The second-order valence-electron chi connectivity index (χ2n) is 8.38. The van der Waals surface area contributed by atoms with Crippen LogP contribution in [0.25, 0.3) is 0 Å². The number of nitrogens with zero attached hydrogens (tertiary/aromatic N) is 2. The summed E-state index contributed by atoms with van der Waals surface area (Å²) < 4.78 is 10.4. The summed E-state index contributed by atoms with van der Waals surface area (Å²) in [6, 6.07) is 6.69. The van der Waals surface area contributed by atoms with Gasteiger partial charge in [0.05, 0.1) is 17.8 Å². The first kappa shape index (κ1) is 21.7. The molecule has 2 amide bonds. The molecule has 0 unspecified atom stereocenters. The fourth-order valence-corrected chi connectivity index (χ4v) is 4.81. The van der Waals surface area contributed by atoms with Gasteiger partial charge in [-0.2, -0.15) is 0 Å². The number of amides is 2. The molecule has 2 heterocycles. The summed E-state index contributed by atoms with van der Waals surface area (Å²) in [6.45, 7) is 1.44. The van der Waals surface area contributed by atoms with Gasteiger partial charge >= 0.3 is 0 Å². The molecule has 1 aliphatic carbocycles. The number of nitrogens with one attached hydrogen (secondary N) is 1. The lowest BCUT2D eigenvalue weighted by molar-refractivity contribution is -0.137. The number of piperidine rings is 1. The van der Waals surface area contributed by atoms with Gasteiger partial charge in [-0.05, 0) is 43.9 Å². The molecule has 2 fully saturated rings. The number of likely N-dealkylation sites (tertiary alicyclic amines) is 1.